The lowest BCUT2D eigenvalue weighted by Crippen LogP contribution is -2.39. The van der Waals surface area contributed by atoms with Gasteiger partial charge >= 0.3 is 0 Å². The molecule has 1 aromatic rings. The molecular weight excluding hydrogens is 212 g/mol. The standard InChI is InChI=1S/C13H22N4/c1-4-14-9-12-6-5-7-17(12)13-15-10(2)8-11(3)16-13/h8,12,14H,4-7,9H2,1-3H3. The van der Waals surface area contributed by atoms with Crippen LogP contribution in [0.1, 0.15) is 31.2 Å². The highest BCUT2D eigenvalue weighted by Crippen LogP contribution is 2.22. The van der Waals surface area contributed by atoms with E-state index >= 15 is 0 Å². The first kappa shape index (κ1) is 12.3. The zero-order valence-corrected chi connectivity index (χ0v) is 11.0. The summed E-state index contributed by atoms with van der Waals surface area (Å²) < 4.78 is 0. The molecule has 1 saturated heterocycles. The molecule has 2 rings (SSSR count). The first-order valence-electron chi connectivity index (χ1n) is 6.50. The van der Waals surface area contributed by atoms with E-state index in [1.54, 1.807) is 0 Å². The Bertz CT molecular complexity index is 357. The van der Waals surface area contributed by atoms with Crippen molar-refractivity contribution in [1.82, 2.24) is 15.3 Å². The molecule has 1 N–H and O–H groups in total. The highest BCUT2D eigenvalue weighted by atomic mass is 15.3. The van der Waals surface area contributed by atoms with Crippen LogP contribution in [0.5, 0.6) is 0 Å². The van der Waals surface area contributed by atoms with Gasteiger partial charge in [-0.1, -0.05) is 6.92 Å². The Labute approximate surface area is 103 Å². The number of hydrogen-bond acceptors (Lipinski definition) is 4. The number of aromatic nitrogens is 2. The fraction of sp³-hybridized carbons (Fsp3) is 0.692. The summed E-state index contributed by atoms with van der Waals surface area (Å²) in [6.45, 7) is 9.36. The number of anilines is 1. The second-order valence-electron chi connectivity index (χ2n) is 4.75. The average molecular weight is 234 g/mol. The van der Waals surface area contributed by atoms with Gasteiger partial charge < -0.3 is 10.2 Å². The van der Waals surface area contributed by atoms with E-state index in [0.717, 1.165) is 37.0 Å². The normalized spacial score (nSPS) is 19.9. The summed E-state index contributed by atoms with van der Waals surface area (Å²) in [5, 5.41) is 3.42. The summed E-state index contributed by atoms with van der Waals surface area (Å²) in [6.07, 6.45) is 2.48. The number of aryl methyl sites for hydroxylation is 2. The van der Waals surface area contributed by atoms with Gasteiger partial charge in [-0.25, -0.2) is 9.97 Å². The van der Waals surface area contributed by atoms with E-state index in [2.05, 4.69) is 27.1 Å². The summed E-state index contributed by atoms with van der Waals surface area (Å²) in [7, 11) is 0. The third-order valence-corrected chi connectivity index (χ3v) is 3.23. The van der Waals surface area contributed by atoms with E-state index in [-0.39, 0.29) is 0 Å². The van der Waals surface area contributed by atoms with Crippen LogP contribution in [-0.2, 0) is 0 Å². The van der Waals surface area contributed by atoms with E-state index in [0.29, 0.717) is 6.04 Å². The second kappa shape index (κ2) is 5.45. The van der Waals surface area contributed by atoms with Crippen molar-refractivity contribution in [2.24, 2.45) is 0 Å². The van der Waals surface area contributed by atoms with Gasteiger partial charge in [-0.3, -0.25) is 0 Å². The van der Waals surface area contributed by atoms with E-state index in [4.69, 9.17) is 0 Å². The van der Waals surface area contributed by atoms with Crippen LogP contribution in [0.15, 0.2) is 6.07 Å². The fourth-order valence-corrected chi connectivity index (χ4v) is 2.46. The Kier molecular flexibility index (Phi) is 3.94. The predicted molar refractivity (Wildman–Crippen MR) is 70.4 cm³/mol. The van der Waals surface area contributed by atoms with E-state index in [9.17, 15) is 0 Å². The van der Waals surface area contributed by atoms with Gasteiger partial charge in [0.15, 0.2) is 0 Å². The van der Waals surface area contributed by atoms with Crippen molar-refractivity contribution in [3.8, 4) is 0 Å². The van der Waals surface area contributed by atoms with Gasteiger partial charge in [0.2, 0.25) is 5.95 Å². The van der Waals surface area contributed by atoms with Crippen molar-refractivity contribution >= 4 is 5.95 Å². The molecule has 0 amide bonds. The summed E-state index contributed by atoms with van der Waals surface area (Å²) in [4.78, 5) is 11.5. The molecule has 1 aliphatic rings. The van der Waals surface area contributed by atoms with Crippen molar-refractivity contribution in [1.29, 1.82) is 0 Å². The molecule has 1 atom stereocenters. The predicted octanol–water partition coefficient (Wildman–Crippen LogP) is 1.67. The smallest absolute Gasteiger partial charge is 0.226 e. The van der Waals surface area contributed by atoms with Crippen LogP contribution in [0.4, 0.5) is 5.95 Å². The zero-order chi connectivity index (χ0) is 12.3. The summed E-state index contributed by atoms with van der Waals surface area (Å²) in [6, 6.07) is 2.58. The van der Waals surface area contributed by atoms with E-state index in [1.165, 1.54) is 12.8 Å². The maximum atomic E-state index is 4.56. The van der Waals surface area contributed by atoms with Crippen LogP contribution >= 0.6 is 0 Å². The molecule has 0 aliphatic carbocycles. The highest BCUT2D eigenvalue weighted by Gasteiger charge is 2.26. The molecule has 1 aromatic heterocycles. The Morgan fingerprint density at radius 1 is 1.35 bits per heavy atom. The van der Waals surface area contributed by atoms with Crippen LogP contribution < -0.4 is 10.2 Å². The molecule has 1 unspecified atom stereocenters. The molecule has 0 bridgehead atoms. The topological polar surface area (TPSA) is 41.0 Å². The Morgan fingerprint density at radius 2 is 2.06 bits per heavy atom. The van der Waals surface area contributed by atoms with Crippen molar-refractivity contribution in [2.45, 2.75) is 39.7 Å². The van der Waals surface area contributed by atoms with Crippen molar-refractivity contribution < 1.29 is 0 Å². The lowest BCUT2D eigenvalue weighted by Gasteiger charge is -2.25. The number of rotatable bonds is 4. The minimum Gasteiger partial charge on any atom is -0.337 e. The molecule has 1 aliphatic heterocycles. The molecule has 0 saturated carbocycles. The lowest BCUT2D eigenvalue weighted by molar-refractivity contribution is 0.580. The third kappa shape index (κ3) is 2.94. The summed E-state index contributed by atoms with van der Waals surface area (Å²) in [5.74, 6) is 0.905. The largest absolute Gasteiger partial charge is 0.337 e. The molecule has 4 heteroatoms. The van der Waals surface area contributed by atoms with Gasteiger partial charge in [0.05, 0.1) is 0 Å². The fourth-order valence-electron chi connectivity index (χ4n) is 2.46. The maximum absolute atomic E-state index is 4.56. The number of nitrogens with one attached hydrogen (secondary N) is 1. The van der Waals surface area contributed by atoms with Gasteiger partial charge in [-0.2, -0.15) is 0 Å². The molecule has 94 valence electrons. The first-order chi connectivity index (χ1) is 8.20. The molecule has 0 aromatic carbocycles. The van der Waals surface area contributed by atoms with Gasteiger partial charge in [0.1, 0.15) is 0 Å². The Balaban J connectivity index is 2.14. The first-order valence-corrected chi connectivity index (χ1v) is 6.50. The molecule has 4 nitrogen and oxygen atoms in total. The van der Waals surface area contributed by atoms with Crippen LogP contribution in [0, 0.1) is 13.8 Å². The van der Waals surface area contributed by atoms with Crippen molar-refractivity contribution in [3.05, 3.63) is 17.5 Å². The quantitative estimate of drug-likeness (QED) is 0.860. The van der Waals surface area contributed by atoms with Crippen molar-refractivity contribution in [2.75, 3.05) is 24.5 Å². The van der Waals surface area contributed by atoms with Crippen LogP contribution in [0.3, 0.4) is 0 Å². The molecule has 17 heavy (non-hydrogen) atoms. The average Bonchev–Trinajstić information content (AvgIpc) is 2.73. The molecule has 2 heterocycles. The van der Waals surface area contributed by atoms with Crippen molar-refractivity contribution in [3.63, 3.8) is 0 Å². The highest BCUT2D eigenvalue weighted by molar-refractivity contribution is 5.35. The Morgan fingerprint density at radius 3 is 2.71 bits per heavy atom. The minimum absolute atomic E-state index is 0.552. The molecule has 0 spiro atoms. The number of likely N-dealkylation sites (N-methyl/N-ethyl adjacent to an activating group) is 1. The van der Waals surface area contributed by atoms with Gasteiger partial charge in [0.25, 0.3) is 0 Å². The molecular formula is C13H22N4. The van der Waals surface area contributed by atoms with E-state index < -0.39 is 0 Å². The van der Waals surface area contributed by atoms with Gasteiger partial charge in [-0.05, 0) is 39.3 Å². The molecule has 0 radical (unpaired) electrons. The van der Waals surface area contributed by atoms with Gasteiger partial charge in [-0.15, -0.1) is 0 Å². The number of hydrogen-bond donors (Lipinski definition) is 1. The Hall–Kier alpha value is -1.16. The number of nitrogens with zero attached hydrogens (tertiary/aromatic N) is 3. The zero-order valence-electron chi connectivity index (χ0n) is 11.0. The summed E-state index contributed by atoms with van der Waals surface area (Å²) in [5.41, 5.74) is 2.11. The molecule has 1 fully saturated rings. The monoisotopic (exact) mass is 234 g/mol. The maximum Gasteiger partial charge on any atom is 0.226 e. The second-order valence-corrected chi connectivity index (χ2v) is 4.75. The third-order valence-electron chi connectivity index (χ3n) is 3.23. The van der Waals surface area contributed by atoms with Crippen LogP contribution in [-0.4, -0.2) is 35.6 Å². The lowest BCUT2D eigenvalue weighted by atomic mass is 10.2. The van der Waals surface area contributed by atoms with Gasteiger partial charge in [0, 0.05) is 30.5 Å². The SMILES string of the molecule is CCNCC1CCCN1c1nc(C)cc(C)n1. The van der Waals surface area contributed by atoms with Crippen LogP contribution in [0.25, 0.3) is 0 Å². The summed E-state index contributed by atoms with van der Waals surface area (Å²) >= 11 is 0. The minimum atomic E-state index is 0.552. The van der Waals surface area contributed by atoms with Crippen LogP contribution in [0.2, 0.25) is 0 Å². The van der Waals surface area contributed by atoms with E-state index in [1.807, 2.05) is 19.9 Å².